The Bertz CT molecular complexity index is 540. The first-order valence-corrected chi connectivity index (χ1v) is 6.13. The van der Waals surface area contributed by atoms with E-state index >= 15 is 0 Å². The zero-order valence-corrected chi connectivity index (χ0v) is 10.7. The van der Waals surface area contributed by atoms with E-state index in [1.807, 2.05) is 11.0 Å². The molecule has 102 valence electrons. The van der Waals surface area contributed by atoms with Crippen LogP contribution in [-0.4, -0.2) is 30.4 Å². The van der Waals surface area contributed by atoms with Crippen molar-refractivity contribution >= 4 is 11.5 Å². The number of carbonyl (C=O) groups excluding carboxylic acids is 1. The molecule has 0 spiro atoms. The summed E-state index contributed by atoms with van der Waals surface area (Å²) in [6.45, 7) is 3.08. The molecule has 2 rings (SSSR count). The number of aryl methyl sites for hydroxylation is 1. The summed E-state index contributed by atoms with van der Waals surface area (Å²) in [4.78, 5) is 12.7. The summed E-state index contributed by atoms with van der Waals surface area (Å²) in [5.74, 6) is -2.01. The van der Waals surface area contributed by atoms with Crippen LogP contribution in [0.3, 0.4) is 0 Å². The number of amides is 1. The quantitative estimate of drug-likeness (QED) is 0.907. The maximum absolute atomic E-state index is 13.9. The molecule has 0 aliphatic carbocycles. The van der Waals surface area contributed by atoms with Crippen LogP contribution >= 0.6 is 0 Å². The highest BCUT2D eigenvalue weighted by Gasteiger charge is 2.19. The molecule has 5 heteroatoms. The van der Waals surface area contributed by atoms with E-state index in [0.29, 0.717) is 30.6 Å². The molecule has 1 aromatic carbocycles. The molecule has 0 aromatic heterocycles. The fourth-order valence-corrected chi connectivity index (χ4v) is 2.34. The summed E-state index contributed by atoms with van der Waals surface area (Å²) in [6, 6.07) is 2.71. The van der Waals surface area contributed by atoms with E-state index in [2.05, 4.69) is 0 Å². The normalized spacial score (nSPS) is 16.3. The predicted molar refractivity (Wildman–Crippen MR) is 69.3 cm³/mol. The first kappa shape index (κ1) is 13.7. The smallest absolute Gasteiger partial charge is 0.231 e. The van der Waals surface area contributed by atoms with Crippen LogP contribution in [0.4, 0.5) is 8.78 Å². The van der Waals surface area contributed by atoms with Gasteiger partial charge >= 0.3 is 0 Å². The lowest BCUT2D eigenvalue weighted by atomic mass is 9.95. The van der Waals surface area contributed by atoms with Crippen LogP contribution in [0.2, 0.25) is 0 Å². The van der Waals surface area contributed by atoms with Gasteiger partial charge in [-0.1, -0.05) is 12.1 Å². The lowest BCUT2D eigenvalue weighted by molar-refractivity contribution is -0.119. The molecular formula is C14H16F2N2O. The van der Waals surface area contributed by atoms with Gasteiger partial charge in [-0.3, -0.25) is 9.69 Å². The first-order chi connectivity index (χ1) is 8.99. The third-order valence-corrected chi connectivity index (χ3v) is 3.30. The number of halogens is 2. The van der Waals surface area contributed by atoms with Crippen LogP contribution in [0.5, 0.6) is 0 Å². The van der Waals surface area contributed by atoms with Gasteiger partial charge in [-0.2, -0.15) is 0 Å². The van der Waals surface area contributed by atoms with Crippen molar-refractivity contribution in [3.63, 3.8) is 0 Å². The predicted octanol–water partition coefficient (Wildman–Crippen LogP) is 1.85. The van der Waals surface area contributed by atoms with Gasteiger partial charge in [0, 0.05) is 18.7 Å². The Morgan fingerprint density at radius 3 is 2.74 bits per heavy atom. The number of rotatable bonds is 3. The molecule has 1 aliphatic rings. The largest absolute Gasteiger partial charge is 0.369 e. The highest BCUT2D eigenvalue weighted by molar-refractivity contribution is 5.76. The molecule has 2 N–H and O–H groups in total. The van der Waals surface area contributed by atoms with Crippen LogP contribution in [0.1, 0.15) is 17.5 Å². The van der Waals surface area contributed by atoms with E-state index in [9.17, 15) is 13.6 Å². The second-order valence-electron chi connectivity index (χ2n) is 4.73. The number of nitrogens with zero attached hydrogens (tertiary/aromatic N) is 1. The fourth-order valence-electron chi connectivity index (χ4n) is 2.34. The van der Waals surface area contributed by atoms with Crippen molar-refractivity contribution in [2.24, 2.45) is 5.73 Å². The summed E-state index contributed by atoms with van der Waals surface area (Å²) in [5.41, 5.74) is 6.98. The lowest BCUT2D eigenvalue weighted by Gasteiger charge is -2.25. The standard InChI is InChI=1S/C14H16F2N2O/c1-9-2-3-11(15)14(16)13(9)10-4-6-18(7-5-10)8-12(17)19/h2-4H,5-8H2,1H3,(H2,17,19). The van der Waals surface area contributed by atoms with Crippen LogP contribution in [0.25, 0.3) is 5.57 Å². The van der Waals surface area contributed by atoms with Gasteiger partial charge in [-0.25, -0.2) is 8.78 Å². The maximum atomic E-state index is 13.9. The highest BCUT2D eigenvalue weighted by Crippen LogP contribution is 2.28. The molecule has 0 unspecified atom stereocenters. The average Bonchev–Trinajstić information content (AvgIpc) is 2.36. The Morgan fingerprint density at radius 2 is 2.16 bits per heavy atom. The van der Waals surface area contributed by atoms with Gasteiger partial charge in [0.15, 0.2) is 11.6 Å². The van der Waals surface area contributed by atoms with Crippen molar-refractivity contribution in [3.8, 4) is 0 Å². The van der Waals surface area contributed by atoms with Gasteiger partial charge in [0.1, 0.15) is 0 Å². The number of hydrogen-bond donors (Lipinski definition) is 1. The minimum Gasteiger partial charge on any atom is -0.369 e. The van der Waals surface area contributed by atoms with E-state index in [1.165, 1.54) is 0 Å². The summed E-state index contributed by atoms with van der Waals surface area (Å²) in [6.07, 6.45) is 2.41. The number of nitrogens with two attached hydrogens (primary N) is 1. The Hall–Kier alpha value is -1.75. The molecule has 0 bridgehead atoms. The Labute approximate surface area is 110 Å². The van der Waals surface area contributed by atoms with E-state index in [-0.39, 0.29) is 12.5 Å². The van der Waals surface area contributed by atoms with Crippen molar-refractivity contribution in [3.05, 3.63) is 41.0 Å². The van der Waals surface area contributed by atoms with Gasteiger partial charge in [-0.15, -0.1) is 0 Å². The summed E-state index contributed by atoms with van der Waals surface area (Å²) in [7, 11) is 0. The van der Waals surface area contributed by atoms with Gasteiger partial charge in [0.2, 0.25) is 5.91 Å². The molecule has 0 fully saturated rings. The molecule has 0 radical (unpaired) electrons. The summed E-state index contributed by atoms with van der Waals surface area (Å²) >= 11 is 0. The number of benzene rings is 1. The van der Waals surface area contributed by atoms with Gasteiger partial charge in [0.05, 0.1) is 6.54 Å². The molecule has 1 heterocycles. The Kier molecular flexibility index (Phi) is 3.95. The van der Waals surface area contributed by atoms with Crippen LogP contribution in [0, 0.1) is 18.6 Å². The van der Waals surface area contributed by atoms with Crippen molar-refractivity contribution in [1.29, 1.82) is 0 Å². The third kappa shape index (κ3) is 2.98. The Morgan fingerprint density at radius 1 is 1.42 bits per heavy atom. The average molecular weight is 266 g/mol. The molecule has 0 saturated carbocycles. The minimum absolute atomic E-state index is 0.189. The molecule has 3 nitrogen and oxygen atoms in total. The molecule has 0 saturated heterocycles. The number of primary amides is 1. The van der Waals surface area contributed by atoms with Crippen LogP contribution in [0.15, 0.2) is 18.2 Å². The van der Waals surface area contributed by atoms with Gasteiger partial charge < -0.3 is 5.73 Å². The molecular weight excluding hydrogens is 250 g/mol. The lowest BCUT2D eigenvalue weighted by Crippen LogP contribution is -2.36. The molecule has 1 amide bonds. The zero-order chi connectivity index (χ0) is 14.0. The zero-order valence-electron chi connectivity index (χ0n) is 10.7. The number of carbonyl (C=O) groups is 1. The second-order valence-corrected chi connectivity index (χ2v) is 4.73. The van der Waals surface area contributed by atoms with Gasteiger partial charge in [-0.05, 0) is 30.5 Å². The molecule has 0 atom stereocenters. The summed E-state index contributed by atoms with van der Waals surface area (Å²) < 4.78 is 27.1. The summed E-state index contributed by atoms with van der Waals surface area (Å²) in [5, 5.41) is 0. The highest BCUT2D eigenvalue weighted by atomic mass is 19.2. The van der Waals surface area contributed by atoms with E-state index in [4.69, 9.17) is 5.73 Å². The van der Waals surface area contributed by atoms with Crippen LogP contribution < -0.4 is 5.73 Å². The molecule has 19 heavy (non-hydrogen) atoms. The molecule has 1 aromatic rings. The van der Waals surface area contributed by atoms with E-state index in [1.54, 1.807) is 13.0 Å². The van der Waals surface area contributed by atoms with E-state index < -0.39 is 11.6 Å². The minimum atomic E-state index is -0.832. The third-order valence-electron chi connectivity index (χ3n) is 3.30. The van der Waals surface area contributed by atoms with Crippen molar-refractivity contribution < 1.29 is 13.6 Å². The SMILES string of the molecule is Cc1ccc(F)c(F)c1C1=CCN(CC(N)=O)CC1. The second kappa shape index (κ2) is 5.48. The molecule has 1 aliphatic heterocycles. The monoisotopic (exact) mass is 266 g/mol. The maximum Gasteiger partial charge on any atom is 0.231 e. The fraction of sp³-hybridized carbons (Fsp3) is 0.357. The Balaban J connectivity index is 2.23. The van der Waals surface area contributed by atoms with E-state index in [0.717, 1.165) is 11.6 Å². The topological polar surface area (TPSA) is 46.3 Å². The number of hydrogen-bond acceptors (Lipinski definition) is 2. The first-order valence-electron chi connectivity index (χ1n) is 6.13. The van der Waals surface area contributed by atoms with Gasteiger partial charge in [0.25, 0.3) is 0 Å². The van der Waals surface area contributed by atoms with Crippen LogP contribution in [-0.2, 0) is 4.79 Å². The van der Waals surface area contributed by atoms with Crippen molar-refractivity contribution in [2.75, 3.05) is 19.6 Å². The van der Waals surface area contributed by atoms with Crippen molar-refractivity contribution in [1.82, 2.24) is 4.90 Å². The van der Waals surface area contributed by atoms with Crippen molar-refractivity contribution in [2.45, 2.75) is 13.3 Å².